The zero-order chi connectivity index (χ0) is 27.5. The average molecular weight is 545 g/mol. The maximum Gasteiger partial charge on any atom is 0.278 e. The Balaban J connectivity index is 0.000000956. The lowest BCUT2D eigenvalue weighted by molar-refractivity contribution is 0.123. The van der Waals surface area contributed by atoms with E-state index in [1.54, 1.807) is 6.20 Å². The fraction of sp³-hybridized carbons (Fsp3) is 0.552. The molecule has 5 rings (SSSR count). The summed E-state index contributed by atoms with van der Waals surface area (Å²) >= 11 is 1.92. The van der Waals surface area contributed by atoms with Crippen LogP contribution in [0.3, 0.4) is 0 Å². The fourth-order valence-corrected chi connectivity index (χ4v) is 5.74. The molecule has 3 aliphatic heterocycles. The largest absolute Gasteiger partial charge is 0.314 e. The molecule has 0 amide bonds. The molecule has 0 aliphatic carbocycles. The fourth-order valence-electron chi connectivity index (χ4n) is 4.51. The number of nitrogens with one attached hydrogen (secondary N) is 1. The second-order valence-electron chi connectivity index (χ2n) is 9.18. The minimum absolute atomic E-state index is 0.0829. The molecular formula is C29H42F2N6S. The highest BCUT2D eigenvalue weighted by Crippen LogP contribution is 2.33. The van der Waals surface area contributed by atoms with Crippen molar-refractivity contribution in [3.63, 3.8) is 0 Å². The van der Waals surface area contributed by atoms with Crippen molar-refractivity contribution >= 4 is 29.1 Å². The summed E-state index contributed by atoms with van der Waals surface area (Å²) < 4.78 is 28.1. The number of alkyl halides is 2. The Morgan fingerprint density at radius 1 is 1.05 bits per heavy atom. The Morgan fingerprint density at radius 3 is 2.34 bits per heavy atom. The van der Waals surface area contributed by atoms with Crippen LogP contribution >= 0.6 is 11.9 Å². The van der Waals surface area contributed by atoms with Gasteiger partial charge in [0, 0.05) is 48.2 Å². The van der Waals surface area contributed by atoms with Crippen LogP contribution in [0.25, 0.3) is 0 Å². The van der Waals surface area contributed by atoms with Gasteiger partial charge in [0.05, 0.1) is 18.0 Å². The van der Waals surface area contributed by atoms with Crippen molar-refractivity contribution in [2.24, 2.45) is 10.2 Å². The van der Waals surface area contributed by atoms with Gasteiger partial charge in [0.2, 0.25) is 0 Å². The van der Waals surface area contributed by atoms with Gasteiger partial charge in [-0.2, -0.15) is 10.2 Å². The lowest BCUT2D eigenvalue weighted by Crippen LogP contribution is -2.59. The summed E-state index contributed by atoms with van der Waals surface area (Å²) in [5, 5.41) is 11.5. The molecule has 3 aliphatic rings. The topological polar surface area (TPSA) is 56.1 Å². The highest BCUT2D eigenvalue weighted by molar-refractivity contribution is 8.01. The van der Waals surface area contributed by atoms with Gasteiger partial charge in [0.25, 0.3) is 6.43 Å². The first-order valence-electron chi connectivity index (χ1n) is 13.9. The third kappa shape index (κ3) is 8.07. The van der Waals surface area contributed by atoms with Crippen molar-refractivity contribution in [3.05, 3.63) is 59.4 Å². The first-order chi connectivity index (χ1) is 18.5. The molecule has 0 bridgehead atoms. The summed E-state index contributed by atoms with van der Waals surface area (Å²) in [5.74, 6) is 0. The van der Waals surface area contributed by atoms with E-state index in [9.17, 15) is 8.78 Å². The molecule has 0 radical (unpaired) electrons. The van der Waals surface area contributed by atoms with E-state index in [1.807, 2.05) is 51.8 Å². The van der Waals surface area contributed by atoms with Gasteiger partial charge in [-0.3, -0.25) is 9.88 Å². The molecule has 2 aromatic rings. The Kier molecular flexibility index (Phi) is 12.1. The van der Waals surface area contributed by atoms with Crippen LogP contribution in [0, 0.1) is 6.92 Å². The predicted octanol–water partition coefficient (Wildman–Crippen LogP) is 6.35. The van der Waals surface area contributed by atoms with Gasteiger partial charge in [-0.25, -0.2) is 8.78 Å². The number of nitrogens with zero attached hydrogens (tertiary/aromatic N) is 5. The number of aryl methyl sites for hydroxylation is 1. The Bertz CT molecular complexity index is 1050. The molecule has 6 nitrogen and oxygen atoms in total. The Labute approximate surface area is 231 Å². The number of piperidine rings is 1. The highest BCUT2D eigenvalue weighted by atomic mass is 32.2. The smallest absolute Gasteiger partial charge is 0.278 e. The van der Waals surface area contributed by atoms with Crippen LogP contribution in [0.1, 0.15) is 63.8 Å². The van der Waals surface area contributed by atoms with E-state index in [0.29, 0.717) is 23.5 Å². The second kappa shape index (κ2) is 15.3. The van der Waals surface area contributed by atoms with Crippen LogP contribution < -0.4 is 9.62 Å². The summed E-state index contributed by atoms with van der Waals surface area (Å²) in [7, 11) is 0. The van der Waals surface area contributed by atoms with Crippen molar-refractivity contribution in [1.82, 2.24) is 15.2 Å². The molecule has 208 valence electrons. The Morgan fingerprint density at radius 2 is 1.79 bits per heavy atom. The minimum atomic E-state index is -2.56. The van der Waals surface area contributed by atoms with E-state index in [-0.39, 0.29) is 12.1 Å². The van der Waals surface area contributed by atoms with Crippen LogP contribution in [0.5, 0.6) is 0 Å². The number of aromatic nitrogens is 1. The standard InChI is InChI=1S/C25H30F2N6S.2C2H6/c1-17-3-2-4-20(11-17)33(34-22-7-9-32(10-8-22)21-14-28-15-21)16-19-6-5-18(13-29-19)23-12-24(25(26)27)31-30-23;2*1-2/h2-6,11,13,21-22,25,28H,7-10,12,14-16H2,1H3;2*1-2H3. The monoisotopic (exact) mass is 544 g/mol. The molecule has 2 saturated heterocycles. The zero-order valence-corrected chi connectivity index (χ0v) is 24.1. The molecule has 38 heavy (non-hydrogen) atoms. The number of pyridine rings is 1. The van der Waals surface area contributed by atoms with Crippen LogP contribution in [-0.2, 0) is 6.54 Å². The molecule has 0 spiro atoms. The second-order valence-corrected chi connectivity index (χ2v) is 10.5. The first-order valence-corrected chi connectivity index (χ1v) is 14.7. The van der Waals surface area contributed by atoms with Crippen molar-refractivity contribution in [2.75, 3.05) is 30.5 Å². The lowest BCUT2D eigenvalue weighted by atomic mass is 10.0. The van der Waals surface area contributed by atoms with Crippen LogP contribution in [-0.4, -0.2) is 65.2 Å². The van der Waals surface area contributed by atoms with Gasteiger partial charge in [-0.05, 0) is 74.6 Å². The summed E-state index contributed by atoms with van der Waals surface area (Å²) in [6.07, 6.45) is 1.61. The summed E-state index contributed by atoms with van der Waals surface area (Å²) in [6, 6.07) is 13.2. The number of anilines is 1. The maximum atomic E-state index is 12.9. The third-order valence-electron chi connectivity index (χ3n) is 6.68. The van der Waals surface area contributed by atoms with E-state index >= 15 is 0 Å². The number of hydrogen-bond donors (Lipinski definition) is 1. The molecular weight excluding hydrogens is 502 g/mol. The Hall–Kier alpha value is -2.36. The van der Waals surface area contributed by atoms with E-state index in [2.05, 4.69) is 60.9 Å². The number of hydrogen-bond acceptors (Lipinski definition) is 7. The quantitative estimate of drug-likeness (QED) is 0.393. The van der Waals surface area contributed by atoms with E-state index < -0.39 is 6.43 Å². The number of rotatable bonds is 8. The van der Waals surface area contributed by atoms with Crippen LogP contribution in [0.15, 0.2) is 52.8 Å². The van der Waals surface area contributed by atoms with Crippen LogP contribution in [0.2, 0.25) is 0 Å². The van der Waals surface area contributed by atoms with Gasteiger partial charge >= 0.3 is 0 Å². The summed E-state index contributed by atoms with van der Waals surface area (Å²) in [5.41, 5.74) is 4.46. The number of likely N-dealkylation sites (tertiary alicyclic amines) is 1. The van der Waals surface area contributed by atoms with Gasteiger partial charge < -0.3 is 9.62 Å². The highest BCUT2D eigenvalue weighted by Gasteiger charge is 2.30. The van der Waals surface area contributed by atoms with E-state index in [4.69, 9.17) is 0 Å². The molecule has 1 aromatic carbocycles. The average Bonchev–Trinajstić information content (AvgIpc) is 3.42. The van der Waals surface area contributed by atoms with Gasteiger partial charge in [-0.1, -0.05) is 39.8 Å². The minimum Gasteiger partial charge on any atom is -0.314 e. The van der Waals surface area contributed by atoms with E-state index in [0.717, 1.165) is 37.4 Å². The number of benzene rings is 1. The SMILES string of the molecule is CC.CC.Cc1cccc(N(Cc2ccc(C3=NN=C(C(F)F)C3)cn2)SC2CCN(C3CNC3)CC2)c1. The summed E-state index contributed by atoms with van der Waals surface area (Å²) in [6.45, 7) is 15.3. The van der Waals surface area contributed by atoms with Gasteiger partial charge in [0.15, 0.2) is 0 Å². The molecule has 2 fully saturated rings. The van der Waals surface area contributed by atoms with E-state index in [1.165, 1.54) is 24.1 Å². The molecule has 9 heteroatoms. The predicted molar refractivity (Wildman–Crippen MR) is 158 cm³/mol. The van der Waals surface area contributed by atoms with Crippen molar-refractivity contribution in [3.8, 4) is 0 Å². The van der Waals surface area contributed by atoms with Gasteiger partial charge in [-0.15, -0.1) is 0 Å². The molecule has 1 N–H and O–H groups in total. The lowest BCUT2D eigenvalue weighted by Gasteiger charge is -2.42. The van der Waals surface area contributed by atoms with Crippen molar-refractivity contribution in [2.45, 2.75) is 78.1 Å². The first kappa shape index (κ1) is 30.2. The number of halogens is 2. The van der Waals surface area contributed by atoms with Crippen LogP contribution in [0.4, 0.5) is 14.5 Å². The molecule has 1 aromatic heterocycles. The molecule has 0 atom stereocenters. The normalized spacial score (nSPS) is 18.0. The van der Waals surface area contributed by atoms with Crippen molar-refractivity contribution < 1.29 is 8.78 Å². The molecule has 0 saturated carbocycles. The van der Waals surface area contributed by atoms with Gasteiger partial charge in [0.1, 0.15) is 5.71 Å². The summed E-state index contributed by atoms with van der Waals surface area (Å²) in [4.78, 5) is 7.26. The maximum absolute atomic E-state index is 12.9. The third-order valence-corrected chi connectivity index (χ3v) is 8.05. The molecule has 4 heterocycles. The van der Waals surface area contributed by atoms with Crippen molar-refractivity contribution in [1.29, 1.82) is 0 Å². The molecule has 0 unspecified atom stereocenters. The zero-order valence-electron chi connectivity index (χ0n) is 23.3.